The number of rotatable bonds is 3. The molecule has 1 N–H and O–H groups in total. The number of carbonyl (C=O) groups excluding carboxylic acids is 1. The van der Waals surface area contributed by atoms with E-state index in [1.165, 1.54) is 5.56 Å². The maximum absolute atomic E-state index is 13.0. The van der Waals surface area contributed by atoms with Crippen LogP contribution in [0.3, 0.4) is 0 Å². The van der Waals surface area contributed by atoms with Crippen LogP contribution in [0.25, 0.3) is 11.1 Å². The van der Waals surface area contributed by atoms with Crippen LogP contribution in [0.15, 0.2) is 54.7 Å². The highest BCUT2D eigenvalue weighted by molar-refractivity contribution is 5.96. The number of aromatic nitrogens is 2. The maximum Gasteiger partial charge on any atom is 0.255 e. The monoisotopic (exact) mass is 370 g/mol. The van der Waals surface area contributed by atoms with Crippen LogP contribution in [-0.2, 0) is 0 Å². The van der Waals surface area contributed by atoms with Gasteiger partial charge in [0.2, 0.25) is 0 Å². The molecule has 3 aromatic rings. The van der Waals surface area contributed by atoms with E-state index in [0.717, 1.165) is 29.7 Å². The second-order valence-corrected chi connectivity index (χ2v) is 7.31. The van der Waals surface area contributed by atoms with Crippen molar-refractivity contribution >= 4 is 5.91 Å². The van der Waals surface area contributed by atoms with Gasteiger partial charge in [0.05, 0.1) is 23.4 Å². The van der Waals surface area contributed by atoms with Crippen molar-refractivity contribution in [3.63, 3.8) is 0 Å². The highest BCUT2D eigenvalue weighted by Gasteiger charge is 2.29. The number of nitrogens with zero attached hydrogens (tertiary/aromatic N) is 3. The Balaban J connectivity index is 1.59. The van der Waals surface area contributed by atoms with Crippen molar-refractivity contribution in [1.82, 2.24) is 15.1 Å². The van der Waals surface area contributed by atoms with Gasteiger partial charge in [0.1, 0.15) is 0 Å². The Kier molecular flexibility index (Phi) is 4.94. The van der Waals surface area contributed by atoms with E-state index in [2.05, 4.69) is 47.5 Å². The molecule has 0 radical (unpaired) electrons. The molecule has 0 aliphatic carbocycles. The fourth-order valence-electron chi connectivity index (χ4n) is 3.91. The minimum absolute atomic E-state index is 0.0711. The summed E-state index contributed by atoms with van der Waals surface area (Å²) in [5.41, 5.74) is 5.43. The van der Waals surface area contributed by atoms with Crippen molar-refractivity contribution < 1.29 is 4.79 Å². The second-order valence-electron chi connectivity index (χ2n) is 7.31. The summed E-state index contributed by atoms with van der Waals surface area (Å²) in [5, 5.41) is 16.8. The molecule has 28 heavy (non-hydrogen) atoms. The lowest BCUT2D eigenvalue weighted by Gasteiger charge is -2.33. The number of hydrogen-bond acceptors (Lipinski definition) is 3. The Morgan fingerprint density at radius 1 is 1.21 bits per heavy atom. The number of benzene rings is 2. The topological polar surface area (TPSA) is 72.8 Å². The SMILES string of the molecule is Cc1ccc(-c2cn[nH]c2C2CCCN(C(=O)c3ccccc3C#N)C2)cc1. The highest BCUT2D eigenvalue weighted by atomic mass is 16.2. The summed E-state index contributed by atoms with van der Waals surface area (Å²) >= 11 is 0. The largest absolute Gasteiger partial charge is 0.338 e. The first-order valence-corrected chi connectivity index (χ1v) is 9.56. The number of piperidine rings is 1. The van der Waals surface area contributed by atoms with Gasteiger partial charge in [-0.15, -0.1) is 0 Å². The van der Waals surface area contributed by atoms with Crippen LogP contribution in [0, 0.1) is 18.3 Å². The number of H-pyrrole nitrogens is 1. The smallest absolute Gasteiger partial charge is 0.255 e. The first-order valence-electron chi connectivity index (χ1n) is 9.56. The molecule has 1 aromatic heterocycles. The molecule has 0 bridgehead atoms. The van der Waals surface area contributed by atoms with E-state index >= 15 is 0 Å². The number of hydrogen-bond donors (Lipinski definition) is 1. The summed E-state index contributed by atoms with van der Waals surface area (Å²) in [7, 11) is 0. The first-order chi connectivity index (χ1) is 13.7. The molecule has 1 aliphatic rings. The van der Waals surface area contributed by atoms with Gasteiger partial charge in [0, 0.05) is 30.3 Å². The normalized spacial score (nSPS) is 16.6. The minimum atomic E-state index is -0.0711. The lowest BCUT2D eigenvalue weighted by atomic mass is 9.90. The number of nitriles is 1. The second kappa shape index (κ2) is 7.69. The Morgan fingerprint density at radius 3 is 2.79 bits per heavy atom. The van der Waals surface area contributed by atoms with E-state index in [9.17, 15) is 10.1 Å². The predicted octanol–water partition coefficient (Wildman–Crippen LogP) is 4.28. The molecule has 1 amide bonds. The molecule has 5 heteroatoms. The Labute approximate surface area is 164 Å². The molecule has 4 rings (SSSR count). The Hall–Kier alpha value is -3.39. The third kappa shape index (κ3) is 3.41. The number of aromatic amines is 1. The van der Waals surface area contributed by atoms with Crippen molar-refractivity contribution in [2.75, 3.05) is 13.1 Å². The molecule has 1 saturated heterocycles. The average Bonchev–Trinajstić information content (AvgIpc) is 3.24. The van der Waals surface area contributed by atoms with Gasteiger partial charge < -0.3 is 4.90 Å². The molecule has 0 spiro atoms. The van der Waals surface area contributed by atoms with Crippen molar-refractivity contribution in [3.8, 4) is 17.2 Å². The third-order valence-corrected chi connectivity index (χ3v) is 5.43. The van der Waals surface area contributed by atoms with E-state index in [-0.39, 0.29) is 11.8 Å². The molecular formula is C23H22N4O. The van der Waals surface area contributed by atoms with Crippen molar-refractivity contribution in [3.05, 3.63) is 77.1 Å². The summed E-state index contributed by atoms with van der Waals surface area (Å²) in [6.07, 6.45) is 3.80. The predicted molar refractivity (Wildman–Crippen MR) is 108 cm³/mol. The van der Waals surface area contributed by atoms with E-state index < -0.39 is 0 Å². The number of likely N-dealkylation sites (tertiary alicyclic amines) is 1. The van der Waals surface area contributed by atoms with Gasteiger partial charge >= 0.3 is 0 Å². The van der Waals surface area contributed by atoms with E-state index in [4.69, 9.17) is 0 Å². The van der Waals surface area contributed by atoms with Gasteiger partial charge in [-0.25, -0.2) is 0 Å². The van der Waals surface area contributed by atoms with Crippen LogP contribution in [0.2, 0.25) is 0 Å². The molecular weight excluding hydrogens is 348 g/mol. The molecule has 0 saturated carbocycles. The first kappa shape index (κ1) is 18.0. The number of aryl methyl sites for hydroxylation is 1. The molecule has 1 atom stereocenters. The van der Waals surface area contributed by atoms with Crippen LogP contribution in [0.5, 0.6) is 0 Å². The minimum Gasteiger partial charge on any atom is -0.338 e. The summed E-state index contributed by atoms with van der Waals surface area (Å²) in [6.45, 7) is 3.41. The van der Waals surface area contributed by atoms with Gasteiger partial charge in [-0.3, -0.25) is 9.89 Å². The van der Waals surface area contributed by atoms with Gasteiger partial charge in [-0.1, -0.05) is 42.0 Å². The third-order valence-electron chi connectivity index (χ3n) is 5.43. The maximum atomic E-state index is 13.0. The zero-order valence-corrected chi connectivity index (χ0v) is 15.9. The van der Waals surface area contributed by atoms with Crippen molar-refractivity contribution in [2.24, 2.45) is 0 Å². The zero-order chi connectivity index (χ0) is 19.5. The molecule has 1 unspecified atom stereocenters. The van der Waals surface area contributed by atoms with Crippen LogP contribution >= 0.6 is 0 Å². The van der Waals surface area contributed by atoms with Gasteiger partial charge in [0.15, 0.2) is 0 Å². The molecule has 2 heterocycles. The molecule has 1 fully saturated rings. The lowest BCUT2D eigenvalue weighted by Crippen LogP contribution is -2.39. The van der Waals surface area contributed by atoms with E-state index in [1.807, 2.05) is 11.1 Å². The summed E-state index contributed by atoms with van der Waals surface area (Å²) in [4.78, 5) is 14.9. The van der Waals surface area contributed by atoms with Gasteiger partial charge in [-0.05, 0) is 37.5 Å². The van der Waals surface area contributed by atoms with Crippen molar-refractivity contribution in [2.45, 2.75) is 25.7 Å². The molecule has 2 aromatic carbocycles. The summed E-state index contributed by atoms with van der Waals surface area (Å²) in [5.74, 6) is 0.129. The fourth-order valence-corrected chi connectivity index (χ4v) is 3.91. The van der Waals surface area contributed by atoms with Crippen molar-refractivity contribution in [1.29, 1.82) is 5.26 Å². The standard InChI is InChI=1S/C23H22N4O/c1-16-8-10-17(11-9-16)21-14-25-26-22(21)19-6-4-12-27(15-19)23(28)20-7-3-2-5-18(20)13-24/h2-3,5,7-11,14,19H,4,6,12,15H2,1H3,(H,25,26). The Bertz CT molecular complexity index is 1030. The lowest BCUT2D eigenvalue weighted by molar-refractivity contribution is 0.0705. The molecule has 140 valence electrons. The fraction of sp³-hybridized carbons (Fsp3) is 0.261. The summed E-state index contributed by atoms with van der Waals surface area (Å²) < 4.78 is 0. The Morgan fingerprint density at radius 2 is 2.00 bits per heavy atom. The zero-order valence-electron chi connectivity index (χ0n) is 15.9. The average molecular weight is 370 g/mol. The van der Waals surface area contributed by atoms with Crippen LogP contribution in [-0.4, -0.2) is 34.1 Å². The summed E-state index contributed by atoms with van der Waals surface area (Å²) in [6, 6.07) is 17.6. The number of amides is 1. The van der Waals surface area contributed by atoms with E-state index in [0.29, 0.717) is 24.2 Å². The quantitative estimate of drug-likeness (QED) is 0.748. The van der Waals surface area contributed by atoms with Gasteiger partial charge in [0.25, 0.3) is 5.91 Å². The molecule has 5 nitrogen and oxygen atoms in total. The number of nitrogens with one attached hydrogen (secondary N) is 1. The van der Waals surface area contributed by atoms with Crippen LogP contribution in [0.1, 0.15) is 45.9 Å². The van der Waals surface area contributed by atoms with E-state index in [1.54, 1.807) is 24.3 Å². The van der Waals surface area contributed by atoms with Gasteiger partial charge in [-0.2, -0.15) is 10.4 Å². The van der Waals surface area contributed by atoms with Crippen LogP contribution < -0.4 is 0 Å². The number of carbonyl (C=O) groups is 1. The highest BCUT2D eigenvalue weighted by Crippen LogP contribution is 2.33. The molecule has 1 aliphatic heterocycles. The van der Waals surface area contributed by atoms with Crippen LogP contribution in [0.4, 0.5) is 0 Å².